The van der Waals surface area contributed by atoms with E-state index in [1.807, 2.05) is 6.07 Å². The van der Waals surface area contributed by atoms with Crippen LogP contribution in [-0.2, 0) is 11.3 Å². The molecular formula is C13H20BrNO2. The summed E-state index contributed by atoms with van der Waals surface area (Å²) in [4.78, 5) is 2.28. The van der Waals surface area contributed by atoms with Crippen LogP contribution in [0.15, 0.2) is 22.7 Å². The maximum absolute atomic E-state index is 5.21. The summed E-state index contributed by atoms with van der Waals surface area (Å²) in [6, 6.07) is 6.18. The number of rotatable bonds is 7. The summed E-state index contributed by atoms with van der Waals surface area (Å²) in [6.07, 6.45) is 1.06. The highest BCUT2D eigenvalue weighted by molar-refractivity contribution is 9.10. The van der Waals surface area contributed by atoms with Crippen LogP contribution in [0.4, 0.5) is 0 Å². The van der Waals surface area contributed by atoms with Gasteiger partial charge in [0, 0.05) is 26.8 Å². The maximum atomic E-state index is 5.21. The first-order valence-electron chi connectivity index (χ1n) is 5.67. The Kier molecular flexibility index (Phi) is 6.55. The summed E-state index contributed by atoms with van der Waals surface area (Å²) >= 11 is 3.50. The van der Waals surface area contributed by atoms with Crippen molar-refractivity contribution in [2.75, 3.05) is 34.4 Å². The quantitative estimate of drug-likeness (QED) is 0.723. The molecule has 3 nitrogen and oxygen atoms in total. The van der Waals surface area contributed by atoms with Gasteiger partial charge in [-0.25, -0.2) is 0 Å². The third-order valence-corrected chi connectivity index (χ3v) is 3.18. The first-order valence-corrected chi connectivity index (χ1v) is 6.46. The van der Waals surface area contributed by atoms with Crippen LogP contribution in [0.25, 0.3) is 0 Å². The van der Waals surface area contributed by atoms with Crippen LogP contribution in [0.5, 0.6) is 5.75 Å². The molecule has 0 fully saturated rings. The second-order valence-electron chi connectivity index (χ2n) is 4.05. The molecule has 0 saturated carbocycles. The average molecular weight is 302 g/mol. The van der Waals surface area contributed by atoms with Gasteiger partial charge in [-0.2, -0.15) is 0 Å². The van der Waals surface area contributed by atoms with Crippen molar-refractivity contribution >= 4 is 15.9 Å². The van der Waals surface area contributed by atoms with Gasteiger partial charge in [-0.15, -0.1) is 0 Å². The number of methoxy groups -OCH3 is 2. The van der Waals surface area contributed by atoms with E-state index in [9.17, 15) is 0 Å². The summed E-state index contributed by atoms with van der Waals surface area (Å²) < 4.78 is 11.3. The Morgan fingerprint density at radius 1 is 1.29 bits per heavy atom. The Balaban J connectivity index is 2.48. The molecule has 0 amide bonds. The molecule has 0 N–H and O–H groups in total. The number of ether oxygens (including phenoxy) is 2. The van der Waals surface area contributed by atoms with Crippen molar-refractivity contribution in [1.29, 1.82) is 0 Å². The van der Waals surface area contributed by atoms with Crippen LogP contribution in [0, 0.1) is 0 Å². The minimum atomic E-state index is 0.816. The lowest BCUT2D eigenvalue weighted by Gasteiger charge is -2.17. The van der Waals surface area contributed by atoms with E-state index in [4.69, 9.17) is 9.47 Å². The van der Waals surface area contributed by atoms with E-state index in [1.165, 1.54) is 5.56 Å². The van der Waals surface area contributed by atoms with Gasteiger partial charge in [-0.1, -0.05) is 6.07 Å². The molecule has 17 heavy (non-hydrogen) atoms. The molecule has 4 heteroatoms. The van der Waals surface area contributed by atoms with E-state index in [0.717, 1.165) is 36.3 Å². The van der Waals surface area contributed by atoms with Crippen LogP contribution >= 0.6 is 15.9 Å². The molecule has 0 unspecified atom stereocenters. The van der Waals surface area contributed by atoms with E-state index in [0.29, 0.717) is 0 Å². The second-order valence-corrected chi connectivity index (χ2v) is 4.91. The Labute approximate surface area is 112 Å². The predicted molar refractivity (Wildman–Crippen MR) is 73.5 cm³/mol. The molecule has 0 heterocycles. The minimum Gasteiger partial charge on any atom is -0.496 e. The summed E-state index contributed by atoms with van der Waals surface area (Å²) in [7, 11) is 5.53. The summed E-state index contributed by atoms with van der Waals surface area (Å²) in [6.45, 7) is 2.79. The van der Waals surface area contributed by atoms with Crippen molar-refractivity contribution < 1.29 is 9.47 Å². The normalized spacial score (nSPS) is 10.9. The van der Waals surface area contributed by atoms with E-state index in [-0.39, 0.29) is 0 Å². The maximum Gasteiger partial charge on any atom is 0.133 e. The fourth-order valence-corrected chi connectivity index (χ4v) is 2.27. The van der Waals surface area contributed by atoms with Gasteiger partial charge in [-0.05, 0) is 47.1 Å². The molecule has 0 aliphatic carbocycles. The predicted octanol–water partition coefficient (Wildman–Crippen LogP) is 2.93. The average Bonchev–Trinajstić information content (AvgIpc) is 2.29. The van der Waals surface area contributed by atoms with Crippen molar-refractivity contribution in [2.24, 2.45) is 0 Å². The molecule has 0 atom stereocenters. The molecule has 1 rings (SSSR count). The number of benzene rings is 1. The zero-order valence-corrected chi connectivity index (χ0v) is 12.3. The van der Waals surface area contributed by atoms with Crippen LogP contribution in [0.3, 0.4) is 0 Å². The molecule has 1 aromatic rings. The number of hydrogen-bond acceptors (Lipinski definition) is 3. The van der Waals surface area contributed by atoms with E-state index in [1.54, 1.807) is 14.2 Å². The third kappa shape index (κ3) is 5.06. The highest BCUT2D eigenvalue weighted by atomic mass is 79.9. The van der Waals surface area contributed by atoms with Gasteiger partial charge in [0.15, 0.2) is 0 Å². The summed E-state index contributed by atoms with van der Waals surface area (Å²) in [5, 5.41) is 0. The van der Waals surface area contributed by atoms with Crippen molar-refractivity contribution in [3.05, 3.63) is 28.2 Å². The molecule has 0 aliphatic rings. The van der Waals surface area contributed by atoms with Crippen molar-refractivity contribution in [3.8, 4) is 5.75 Å². The van der Waals surface area contributed by atoms with Crippen LogP contribution in [0.1, 0.15) is 12.0 Å². The number of hydrogen-bond donors (Lipinski definition) is 0. The molecule has 0 bridgehead atoms. The van der Waals surface area contributed by atoms with Gasteiger partial charge in [0.25, 0.3) is 0 Å². The van der Waals surface area contributed by atoms with E-state index >= 15 is 0 Å². The lowest BCUT2D eigenvalue weighted by Crippen LogP contribution is -2.20. The first-order chi connectivity index (χ1) is 8.17. The molecule has 0 aromatic heterocycles. The lowest BCUT2D eigenvalue weighted by atomic mass is 10.2. The molecule has 96 valence electrons. The lowest BCUT2D eigenvalue weighted by molar-refractivity contribution is 0.178. The zero-order chi connectivity index (χ0) is 12.7. The van der Waals surface area contributed by atoms with Crippen molar-refractivity contribution in [1.82, 2.24) is 4.90 Å². The van der Waals surface area contributed by atoms with Gasteiger partial charge >= 0.3 is 0 Å². The Morgan fingerprint density at radius 3 is 2.65 bits per heavy atom. The molecular weight excluding hydrogens is 282 g/mol. The zero-order valence-electron chi connectivity index (χ0n) is 10.7. The topological polar surface area (TPSA) is 21.7 Å². The molecule has 1 aromatic carbocycles. The smallest absolute Gasteiger partial charge is 0.133 e. The van der Waals surface area contributed by atoms with Crippen molar-refractivity contribution in [3.63, 3.8) is 0 Å². The molecule has 0 spiro atoms. The van der Waals surface area contributed by atoms with Gasteiger partial charge in [0.05, 0.1) is 11.6 Å². The Bertz CT molecular complexity index is 344. The van der Waals surface area contributed by atoms with Crippen LogP contribution < -0.4 is 4.74 Å². The summed E-state index contributed by atoms with van der Waals surface area (Å²) in [5.41, 5.74) is 1.28. The Morgan fingerprint density at radius 2 is 2.06 bits per heavy atom. The molecule has 0 radical (unpaired) electrons. The standard InChI is InChI=1S/C13H20BrNO2/c1-15(7-4-8-16-2)10-11-5-6-13(17-3)12(14)9-11/h5-6,9H,4,7-8,10H2,1-3H3. The van der Waals surface area contributed by atoms with E-state index < -0.39 is 0 Å². The fraction of sp³-hybridized carbons (Fsp3) is 0.538. The van der Waals surface area contributed by atoms with Gasteiger partial charge in [0.2, 0.25) is 0 Å². The van der Waals surface area contributed by atoms with Crippen LogP contribution in [0.2, 0.25) is 0 Å². The first kappa shape index (κ1) is 14.5. The van der Waals surface area contributed by atoms with Crippen LogP contribution in [-0.4, -0.2) is 39.3 Å². The third-order valence-electron chi connectivity index (χ3n) is 2.56. The summed E-state index contributed by atoms with van der Waals surface area (Å²) in [5.74, 6) is 0.871. The monoisotopic (exact) mass is 301 g/mol. The molecule has 0 aliphatic heterocycles. The van der Waals surface area contributed by atoms with Gasteiger partial charge in [-0.3, -0.25) is 0 Å². The minimum absolute atomic E-state index is 0.816. The van der Waals surface area contributed by atoms with E-state index in [2.05, 4.69) is 40.0 Å². The SMILES string of the molecule is COCCCN(C)Cc1ccc(OC)c(Br)c1. The fourth-order valence-electron chi connectivity index (χ4n) is 1.68. The number of nitrogens with zero attached hydrogens (tertiary/aromatic N) is 1. The molecule has 0 saturated heterocycles. The highest BCUT2D eigenvalue weighted by Crippen LogP contribution is 2.25. The number of halogens is 1. The van der Waals surface area contributed by atoms with Gasteiger partial charge < -0.3 is 14.4 Å². The van der Waals surface area contributed by atoms with Gasteiger partial charge in [0.1, 0.15) is 5.75 Å². The second kappa shape index (κ2) is 7.69. The largest absolute Gasteiger partial charge is 0.496 e. The highest BCUT2D eigenvalue weighted by Gasteiger charge is 2.04. The van der Waals surface area contributed by atoms with Crippen molar-refractivity contribution in [2.45, 2.75) is 13.0 Å². The Hall–Kier alpha value is -0.580.